The minimum Gasteiger partial charge on any atom is -0.482 e. The van der Waals surface area contributed by atoms with Gasteiger partial charge in [-0.2, -0.15) is 0 Å². The quantitative estimate of drug-likeness (QED) is 0.590. The van der Waals surface area contributed by atoms with Crippen LogP contribution in [0.4, 0.5) is 11.4 Å². The molecule has 0 aliphatic carbocycles. The van der Waals surface area contributed by atoms with Crippen LogP contribution < -0.4 is 10.1 Å². The second-order valence-electron chi connectivity index (χ2n) is 6.90. The van der Waals surface area contributed by atoms with Gasteiger partial charge in [0.1, 0.15) is 5.75 Å². The molecule has 0 bridgehead atoms. The molecule has 0 saturated heterocycles. The molecule has 8 heteroatoms. The van der Waals surface area contributed by atoms with Crippen molar-refractivity contribution < 1.29 is 24.4 Å². The number of nitrogens with zero attached hydrogens (tertiary/aromatic N) is 1. The second kappa shape index (κ2) is 7.86. The molecule has 0 aromatic heterocycles. The summed E-state index contributed by atoms with van der Waals surface area (Å²) in [5.41, 5.74) is 0.506. The molecule has 1 amide bonds. The van der Waals surface area contributed by atoms with E-state index >= 15 is 0 Å². The highest BCUT2D eigenvalue weighted by molar-refractivity contribution is 6.04. The Kier molecular flexibility index (Phi) is 5.79. The van der Waals surface area contributed by atoms with Gasteiger partial charge in [0, 0.05) is 28.9 Å². The molecule has 27 heavy (non-hydrogen) atoms. The molecule has 0 aliphatic heterocycles. The fraction of sp³-hybridized carbons (Fsp3) is 0.263. The van der Waals surface area contributed by atoms with Gasteiger partial charge in [-0.15, -0.1) is 0 Å². The lowest BCUT2D eigenvalue weighted by Crippen LogP contribution is -2.17. The summed E-state index contributed by atoms with van der Waals surface area (Å²) in [4.78, 5) is 33.9. The van der Waals surface area contributed by atoms with Crippen molar-refractivity contribution in [1.29, 1.82) is 0 Å². The van der Waals surface area contributed by atoms with Crippen molar-refractivity contribution in [1.82, 2.24) is 0 Å². The molecule has 142 valence electrons. The van der Waals surface area contributed by atoms with Crippen molar-refractivity contribution in [2.75, 3.05) is 11.9 Å². The van der Waals surface area contributed by atoms with Crippen LogP contribution in [0.2, 0.25) is 0 Å². The van der Waals surface area contributed by atoms with E-state index in [1.807, 2.05) is 20.8 Å². The van der Waals surface area contributed by atoms with Gasteiger partial charge in [-0.05, 0) is 23.6 Å². The van der Waals surface area contributed by atoms with Crippen LogP contribution in [0, 0.1) is 10.1 Å². The van der Waals surface area contributed by atoms with E-state index in [1.165, 1.54) is 18.2 Å². The molecule has 0 atom stereocenters. The molecule has 0 aliphatic rings. The second-order valence-corrected chi connectivity index (χ2v) is 6.90. The molecule has 2 rings (SSSR count). The monoisotopic (exact) mass is 372 g/mol. The Bertz CT molecular complexity index is 886. The summed E-state index contributed by atoms with van der Waals surface area (Å²) >= 11 is 0. The summed E-state index contributed by atoms with van der Waals surface area (Å²) in [6, 6.07) is 10.6. The van der Waals surface area contributed by atoms with Crippen LogP contribution in [0.1, 0.15) is 36.7 Å². The van der Waals surface area contributed by atoms with Crippen molar-refractivity contribution in [2.45, 2.75) is 26.2 Å². The number of carboxylic acid groups (broad SMARTS) is 1. The Morgan fingerprint density at radius 3 is 2.48 bits per heavy atom. The lowest BCUT2D eigenvalue weighted by molar-refractivity contribution is -0.386. The number of carbonyl (C=O) groups excluding carboxylic acids is 1. The molecule has 8 nitrogen and oxygen atoms in total. The van der Waals surface area contributed by atoms with E-state index in [2.05, 4.69) is 5.32 Å². The first-order valence-electron chi connectivity index (χ1n) is 8.13. The van der Waals surface area contributed by atoms with Crippen LogP contribution in [0.5, 0.6) is 5.75 Å². The van der Waals surface area contributed by atoms with Crippen LogP contribution in [0.15, 0.2) is 42.5 Å². The number of nitrogens with one attached hydrogen (secondary N) is 1. The number of ether oxygens (including phenoxy) is 1. The van der Waals surface area contributed by atoms with Crippen molar-refractivity contribution in [3.63, 3.8) is 0 Å². The minimum atomic E-state index is -1.12. The summed E-state index contributed by atoms with van der Waals surface area (Å²) in [6.07, 6.45) is 0. The third-order valence-corrected chi connectivity index (χ3v) is 3.72. The van der Waals surface area contributed by atoms with E-state index in [9.17, 15) is 19.7 Å². The van der Waals surface area contributed by atoms with Crippen molar-refractivity contribution in [3.8, 4) is 5.75 Å². The zero-order valence-electron chi connectivity index (χ0n) is 15.2. The highest BCUT2D eigenvalue weighted by Gasteiger charge is 2.26. The average molecular weight is 372 g/mol. The third kappa shape index (κ3) is 5.27. The van der Waals surface area contributed by atoms with Crippen molar-refractivity contribution in [2.24, 2.45) is 0 Å². The van der Waals surface area contributed by atoms with Gasteiger partial charge in [-0.1, -0.05) is 32.9 Å². The predicted octanol–water partition coefficient (Wildman–Crippen LogP) is 3.61. The number of amides is 1. The highest BCUT2D eigenvalue weighted by atomic mass is 16.6. The van der Waals surface area contributed by atoms with Crippen LogP contribution in [-0.2, 0) is 10.2 Å². The minimum absolute atomic E-state index is 0.117. The number of anilines is 1. The van der Waals surface area contributed by atoms with E-state index < -0.39 is 28.8 Å². The van der Waals surface area contributed by atoms with E-state index in [0.29, 0.717) is 11.3 Å². The standard InChI is InChI=1S/C19H20N2O6/c1-19(2,3)15-8-7-12(9-16(15)21(25)26)18(24)20-13-5-4-6-14(10-13)27-11-17(22)23/h4-10H,11H2,1-3H3,(H,20,24)(H,22,23). The first kappa shape index (κ1) is 19.9. The van der Waals surface area contributed by atoms with E-state index in [1.54, 1.807) is 24.3 Å². The van der Waals surface area contributed by atoms with Gasteiger partial charge in [0.05, 0.1) is 4.92 Å². The van der Waals surface area contributed by atoms with E-state index in [-0.39, 0.29) is 17.0 Å². The van der Waals surface area contributed by atoms with Gasteiger partial charge in [-0.3, -0.25) is 14.9 Å². The maximum absolute atomic E-state index is 12.5. The van der Waals surface area contributed by atoms with E-state index in [4.69, 9.17) is 9.84 Å². The highest BCUT2D eigenvalue weighted by Crippen LogP contribution is 2.32. The number of benzene rings is 2. The van der Waals surface area contributed by atoms with Crippen molar-refractivity contribution in [3.05, 3.63) is 63.7 Å². The molecule has 2 aromatic rings. The van der Waals surface area contributed by atoms with Crippen molar-refractivity contribution >= 4 is 23.3 Å². The first-order chi connectivity index (χ1) is 12.6. The zero-order chi connectivity index (χ0) is 20.2. The molecule has 0 radical (unpaired) electrons. The van der Waals surface area contributed by atoms with Gasteiger partial charge in [-0.25, -0.2) is 4.79 Å². The Morgan fingerprint density at radius 2 is 1.89 bits per heavy atom. The normalized spacial score (nSPS) is 10.9. The molecular formula is C19H20N2O6. The largest absolute Gasteiger partial charge is 0.482 e. The smallest absolute Gasteiger partial charge is 0.341 e. The summed E-state index contributed by atoms with van der Waals surface area (Å²) < 4.78 is 5.06. The number of nitro benzene ring substituents is 1. The van der Waals surface area contributed by atoms with Gasteiger partial charge < -0.3 is 15.2 Å². The lowest BCUT2D eigenvalue weighted by Gasteiger charge is -2.19. The number of carboxylic acids is 1. The predicted molar refractivity (Wildman–Crippen MR) is 99.3 cm³/mol. The summed E-state index contributed by atoms with van der Waals surface area (Å²) in [7, 11) is 0. The van der Waals surface area contributed by atoms with Gasteiger partial charge in [0.25, 0.3) is 11.6 Å². The van der Waals surface area contributed by atoms with Crippen LogP contribution in [0.3, 0.4) is 0 Å². The molecular weight excluding hydrogens is 352 g/mol. The average Bonchev–Trinajstić information content (AvgIpc) is 2.59. The zero-order valence-corrected chi connectivity index (χ0v) is 15.2. The lowest BCUT2D eigenvalue weighted by atomic mass is 9.85. The number of carbonyl (C=O) groups is 2. The molecule has 0 unspecified atom stereocenters. The number of nitro groups is 1. The molecule has 2 aromatic carbocycles. The molecule has 0 heterocycles. The Labute approximate surface area is 155 Å². The SMILES string of the molecule is CC(C)(C)c1ccc(C(=O)Nc2cccc(OCC(=O)O)c2)cc1[N+](=O)[O-]. The number of aliphatic carboxylic acids is 1. The molecule has 0 fully saturated rings. The molecule has 0 saturated carbocycles. The Morgan fingerprint density at radius 1 is 1.19 bits per heavy atom. The van der Waals surface area contributed by atoms with Gasteiger partial charge >= 0.3 is 5.97 Å². The fourth-order valence-corrected chi connectivity index (χ4v) is 2.47. The van der Waals surface area contributed by atoms with Gasteiger partial charge in [0.15, 0.2) is 6.61 Å². The maximum Gasteiger partial charge on any atom is 0.341 e. The van der Waals surface area contributed by atoms with Gasteiger partial charge in [0.2, 0.25) is 0 Å². The topological polar surface area (TPSA) is 119 Å². The summed E-state index contributed by atoms with van der Waals surface area (Å²) in [6.45, 7) is 5.07. The third-order valence-electron chi connectivity index (χ3n) is 3.72. The Balaban J connectivity index is 2.23. The van der Waals surface area contributed by atoms with Crippen LogP contribution in [0.25, 0.3) is 0 Å². The molecule has 0 spiro atoms. The number of rotatable bonds is 6. The van der Waals surface area contributed by atoms with Crippen LogP contribution >= 0.6 is 0 Å². The summed E-state index contributed by atoms with van der Waals surface area (Å²) in [5.74, 6) is -1.35. The first-order valence-corrected chi connectivity index (χ1v) is 8.13. The molecule has 2 N–H and O–H groups in total. The number of hydrogen-bond acceptors (Lipinski definition) is 5. The Hall–Kier alpha value is -3.42. The van der Waals surface area contributed by atoms with E-state index in [0.717, 1.165) is 0 Å². The maximum atomic E-state index is 12.5. The summed E-state index contributed by atoms with van der Waals surface area (Å²) in [5, 5.41) is 22.6. The fourth-order valence-electron chi connectivity index (χ4n) is 2.47. The van der Waals surface area contributed by atoms with Crippen LogP contribution in [-0.4, -0.2) is 28.5 Å². The number of hydrogen-bond donors (Lipinski definition) is 2.